The molecule has 0 heterocycles. The summed E-state index contributed by atoms with van der Waals surface area (Å²) in [6.07, 6.45) is 22.3. The number of nitrogen functional groups attached to an aromatic ring is 2. The second-order valence-corrected chi connectivity index (χ2v) is 8.36. The summed E-state index contributed by atoms with van der Waals surface area (Å²) in [5.74, 6) is 0. The second-order valence-electron chi connectivity index (χ2n) is 8.36. The number of hydrogen-bond donors (Lipinski definition) is 2. The van der Waals surface area contributed by atoms with Crippen LogP contribution < -0.4 is 11.5 Å². The van der Waals surface area contributed by atoms with Crippen molar-refractivity contribution in [3.8, 4) is 0 Å². The van der Waals surface area contributed by atoms with Crippen molar-refractivity contribution < 1.29 is 4.74 Å². The maximum absolute atomic E-state index is 5.79. The van der Waals surface area contributed by atoms with Crippen LogP contribution in [0.25, 0.3) is 0 Å². The van der Waals surface area contributed by atoms with Gasteiger partial charge in [0.15, 0.2) is 0 Å². The lowest BCUT2D eigenvalue weighted by Gasteiger charge is -2.07. The third-order valence-electron chi connectivity index (χ3n) is 5.45. The number of ether oxygens (including phenoxy) is 1. The van der Waals surface area contributed by atoms with Gasteiger partial charge in [-0.2, -0.15) is 0 Å². The van der Waals surface area contributed by atoms with Gasteiger partial charge in [-0.1, -0.05) is 103 Å². The van der Waals surface area contributed by atoms with Crippen molar-refractivity contribution in [2.24, 2.45) is 0 Å². The van der Waals surface area contributed by atoms with Crippen LogP contribution in [0.2, 0.25) is 0 Å². The van der Waals surface area contributed by atoms with Crippen LogP contribution in [0.15, 0.2) is 18.2 Å². The first-order valence-electron chi connectivity index (χ1n) is 11.9. The zero-order valence-corrected chi connectivity index (χ0v) is 18.5. The van der Waals surface area contributed by atoms with E-state index in [1.165, 1.54) is 96.3 Å². The molecule has 0 fully saturated rings. The number of benzene rings is 1. The molecule has 4 N–H and O–H groups in total. The first-order chi connectivity index (χ1) is 13.7. The van der Waals surface area contributed by atoms with Gasteiger partial charge in [0.1, 0.15) is 0 Å². The molecule has 0 atom stereocenters. The highest BCUT2D eigenvalue weighted by Gasteiger charge is 1.98. The van der Waals surface area contributed by atoms with Crippen molar-refractivity contribution in [2.75, 3.05) is 18.1 Å². The fraction of sp³-hybridized carbons (Fsp3) is 0.760. The van der Waals surface area contributed by atoms with Crippen molar-refractivity contribution in [3.05, 3.63) is 23.8 Å². The van der Waals surface area contributed by atoms with E-state index in [1.807, 2.05) is 12.1 Å². The quantitative estimate of drug-likeness (QED) is 0.188. The first kappa shape index (κ1) is 24.8. The van der Waals surface area contributed by atoms with Gasteiger partial charge in [-0.15, -0.1) is 0 Å². The average Bonchev–Trinajstić information content (AvgIpc) is 2.66. The summed E-state index contributed by atoms with van der Waals surface area (Å²) in [4.78, 5) is 0. The fourth-order valence-electron chi connectivity index (χ4n) is 3.77. The van der Waals surface area contributed by atoms with Crippen molar-refractivity contribution >= 4 is 11.4 Å². The molecular weight excluding hydrogens is 344 g/mol. The number of anilines is 2. The fourth-order valence-corrected chi connectivity index (χ4v) is 3.77. The van der Waals surface area contributed by atoms with Gasteiger partial charge < -0.3 is 16.2 Å². The van der Waals surface area contributed by atoms with Crippen LogP contribution in [-0.2, 0) is 11.3 Å². The maximum Gasteiger partial charge on any atom is 0.0718 e. The molecular formula is C25H46N2O. The molecule has 0 saturated heterocycles. The zero-order chi connectivity index (χ0) is 20.3. The summed E-state index contributed by atoms with van der Waals surface area (Å²) >= 11 is 0. The molecule has 3 heteroatoms. The molecule has 162 valence electrons. The highest BCUT2D eigenvalue weighted by atomic mass is 16.5. The van der Waals surface area contributed by atoms with E-state index in [9.17, 15) is 0 Å². The highest BCUT2D eigenvalue weighted by Crippen LogP contribution is 2.15. The lowest BCUT2D eigenvalue weighted by Crippen LogP contribution is -1.98. The molecule has 0 bridgehead atoms. The van der Waals surface area contributed by atoms with E-state index in [0.29, 0.717) is 18.0 Å². The Kier molecular flexibility index (Phi) is 15.8. The molecule has 0 spiro atoms. The Morgan fingerprint density at radius 1 is 0.571 bits per heavy atom. The van der Waals surface area contributed by atoms with Crippen LogP contribution in [0.3, 0.4) is 0 Å². The van der Waals surface area contributed by atoms with Crippen LogP contribution in [-0.4, -0.2) is 6.61 Å². The van der Waals surface area contributed by atoms with Crippen LogP contribution in [0.4, 0.5) is 11.4 Å². The van der Waals surface area contributed by atoms with Crippen molar-refractivity contribution in [1.29, 1.82) is 0 Å². The first-order valence-corrected chi connectivity index (χ1v) is 11.9. The van der Waals surface area contributed by atoms with Gasteiger partial charge in [0.25, 0.3) is 0 Å². The molecule has 1 aromatic rings. The molecule has 0 saturated carbocycles. The van der Waals surface area contributed by atoms with E-state index in [0.717, 1.165) is 18.6 Å². The van der Waals surface area contributed by atoms with E-state index in [-0.39, 0.29) is 0 Å². The molecule has 0 aliphatic rings. The molecule has 28 heavy (non-hydrogen) atoms. The van der Waals surface area contributed by atoms with Gasteiger partial charge in [-0.05, 0) is 30.2 Å². The number of hydrogen-bond acceptors (Lipinski definition) is 3. The second kappa shape index (κ2) is 17.8. The Balaban J connectivity index is 1.76. The molecule has 3 nitrogen and oxygen atoms in total. The van der Waals surface area contributed by atoms with E-state index < -0.39 is 0 Å². The predicted molar refractivity (Wildman–Crippen MR) is 124 cm³/mol. The molecule has 1 aromatic carbocycles. The van der Waals surface area contributed by atoms with Crippen LogP contribution >= 0.6 is 0 Å². The topological polar surface area (TPSA) is 61.3 Å². The molecule has 0 unspecified atom stereocenters. The maximum atomic E-state index is 5.79. The molecule has 0 radical (unpaired) electrons. The predicted octanol–water partition coefficient (Wildman–Crippen LogP) is 7.63. The molecule has 1 rings (SSSR count). The van der Waals surface area contributed by atoms with Crippen LogP contribution in [0.5, 0.6) is 0 Å². The third-order valence-corrected chi connectivity index (χ3v) is 5.45. The summed E-state index contributed by atoms with van der Waals surface area (Å²) < 4.78 is 5.74. The molecule has 0 amide bonds. The standard InChI is InChI=1S/C25H46N2O/c1-2-3-4-5-6-7-8-9-10-11-12-13-14-15-16-17-18-28-22-23-19-24(26)21-25(27)20-23/h19-21H,2-18,22,26-27H2,1H3. The minimum atomic E-state index is 0.605. The van der Waals surface area contributed by atoms with Crippen LogP contribution in [0.1, 0.15) is 115 Å². The van der Waals surface area contributed by atoms with E-state index in [2.05, 4.69) is 6.92 Å². The van der Waals surface area contributed by atoms with E-state index >= 15 is 0 Å². The van der Waals surface area contributed by atoms with Crippen molar-refractivity contribution in [3.63, 3.8) is 0 Å². The number of nitrogens with two attached hydrogens (primary N) is 2. The normalized spacial score (nSPS) is 11.2. The summed E-state index contributed by atoms with van der Waals surface area (Å²) in [6.45, 7) is 3.72. The van der Waals surface area contributed by atoms with Gasteiger partial charge in [0.2, 0.25) is 0 Å². The molecule has 0 aliphatic carbocycles. The van der Waals surface area contributed by atoms with Gasteiger partial charge in [0.05, 0.1) is 6.61 Å². The van der Waals surface area contributed by atoms with Crippen molar-refractivity contribution in [1.82, 2.24) is 0 Å². The summed E-state index contributed by atoms with van der Waals surface area (Å²) in [6, 6.07) is 5.65. The van der Waals surface area contributed by atoms with Gasteiger partial charge >= 0.3 is 0 Å². The smallest absolute Gasteiger partial charge is 0.0718 e. The zero-order valence-electron chi connectivity index (χ0n) is 18.5. The Bertz CT molecular complexity index is 455. The van der Waals surface area contributed by atoms with Gasteiger partial charge in [0, 0.05) is 18.0 Å². The van der Waals surface area contributed by atoms with E-state index in [1.54, 1.807) is 6.07 Å². The van der Waals surface area contributed by atoms with Crippen LogP contribution in [0, 0.1) is 0 Å². The third kappa shape index (κ3) is 14.8. The highest BCUT2D eigenvalue weighted by molar-refractivity contribution is 5.54. The Hall–Kier alpha value is -1.22. The lowest BCUT2D eigenvalue weighted by atomic mass is 10.0. The SMILES string of the molecule is CCCCCCCCCCCCCCCCCCOCc1cc(N)cc(N)c1. The molecule has 0 aliphatic heterocycles. The summed E-state index contributed by atoms with van der Waals surface area (Å²) in [5, 5.41) is 0. The number of rotatable bonds is 19. The molecule has 0 aromatic heterocycles. The monoisotopic (exact) mass is 390 g/mol. The minimum Gasteiger partial charge on any atom is -0.399 e. The Labute approximate surface area is 174 Å². The van der Waals surface area contributed by atoms with E-state index in [4.69, 9.17) is 16.2 Å². The minimum absolute atomic E-state index is 0.605. The summed E-state index contributed by atoms with van der Waals surface area (Å²) in [7, 11) is 0. The Morgan fingerprint density at radius 3 is 1.39 bits per heavy atom. The Morgan fingerprint density at radius 2 is 0.964 bits per heavy atom. The van der Waals surface area contributed by atoms with Gasteiger partial charge in [-0.25, -0.2) is 0 Å². The average molecular weight is 391 g/mol. The lowest BCUT2D eigenvalue weighted by molar-refractivity contribution is 0.117. The van der Waals surface area contributed by atoms with Gasteiger partial charge in [-0.3, -0.25) is 0 Å². The number of unbranched alkanes of at least 4 members (excludes halogenated alkanes) is 15. The largest absolute Gasteiger partial charge is 0.399 e. The summed E-state index contributed by atoms with van der Waals surface area (Å²) in [5.41, 5.74) is 14.1. The van der Waals surface area contributed by atoms with Crippen molar-refractivity contribution in [2.45, 2.75) is 116 Å².